The number of anilines is 1. The molecule has 7 heteroatoms. The summed E-state index contributed by atoms with van der Waals surface area (Å²) in [7, 11) is -3.88. The van der Waals surface area contributed by atoms with Crippen LogP contribution in [0, 0.1) is 12.7 Å². The van der Waals surface area contributed by atoms with E-state index in [0.29, 0.717) is 11.1 Å². The number of sulfonamides is 1. The fraction of sp³-hybridized carbons (Fsp3) is 0.316. The number of carbonyl (C=O) groups is 1. The molecule has 1 fully saturated rings. The number of hydrogen-bond donors (Lipinski definition) is 2. The number of aryl methyl sites for hydroxylation is 1. The smallest absolute Gasteiger partial charge is 0.261 e. The van der Waals surface area contributed by atoms with E-state index in [1.807, 2.05) is 0 Å². The Bertz CT molecular complexity index is 905. The van der Waals surface area contributed by atoms with Crippen molar-refractivity contribution in [2.45, 2.75) is 43.5 Å². The van der Waals surface area contributed by atoms with Crippen molar-refractivity contribution < 1.29 is 17.6 Å². The summed E-state index contributed by atoms with van der Waals surface area (Å²) in [5, 5.41) is 2.97. The fourth-order valence-electron chi connectivity index (χ4n) is 3.08. The highest BCUT2D eigenvalue weighted by Crippen LogP contribution is 2.22. The monoisotopic (exact) mass is 376 g/mol. The molecule has 1 saturated carbocycles. The van der Waals surface area contributed by atoms with Crippen LogP contribution in [-0.4, -0.2) is 20.4 Å². The zero-order chi connectivity index (χ0) is 18.7. The van der Waals surface area contributed by atoms with Crippen molar-refractivity contribution >= 4 is 21.6 Å². The molecular formula is C19H21FN2O3S. The van der Waals surface area contributed by atoms with Gasteiger partial charge in [0.05, 0.1) is 4.90 Å². The molecule has 2 aromatic rings. The molecule has 2 aromatic carbocycles. The first-order valence-corrected chi connectivity index (χ1v) is 10.0. The summed E-state index contributed by atoms with van der Waals surface area (Å²) < 4.78 is 40.5. The number of benzene rings is 2. The Morgan fingerprint density at radius 3 is 2.38 bits per heavy atom. The van der Waals surface area contributed by atoms with Crippen molar-refractivity contribution in [3.8, 4) is 0 Å². The fourth-order valence-corrected chi connectivity index (χ4v) is 4.16. The molecule has 0 aromatic heterocycles. The lowest BCUT2D eigenvalue weighted by Gasteiger charge is -2.15. The molecule has 138 valence electrons. The molecule has 1 amide bonds. The van der Waals surface area contributed by atoms with Crippen LogP contribution in [0.4, 0.5) is 10.1 Å². The van der Waals surface area contributed by atoms with E-state index >= 15 is 0 Å². The second kappa shape index (κ2) is 7.45. The van der Waals surface area contributed by atoms with Gasteiger partial charge in [-0.05, 0) is 61.7 Å². The van der Waals surface area contributed by atoms with Crippen LogP contribution >= 0.6 is 0 Å². The van der Waals surface area contributed by atoms with Gasteiger partial charge in [-0.3, -0.25) is 9.52 Å². The average molecular weight is 376 g/mol. The Morgan fingerprint density at radius 2 is 1.73 bits per heavy atom. The number of nitrogens with one attached hydrogen (secondary N) is 2. The molecule has 0 atom stereocenters. The van der Waals surface area contributed by atoms with Crippen LogP contribution in [0.15, 0.2) is 47.4 Å². The van der Waals surface area contributed by atoms with E-state index in [-0.39, 0.29) is 22.5 Å². The van der Waals surface area contributed by atoms with Crippen LogP contribution in [0.5, 0.6) is 0 Å². The zero-order valence-electron chi connectivity index (χ0n) is 14.5. The minimum absolute atomic E-state index is 0.0102. The van der Waals surface area contributed by atoms with Crippen LogP contribution in [0.3, 0.4) is 0 Å². The summed E-state index contributed by atoms with van der Waals surface area (Å²) >= 11 is 0. The SMILES string of the molecule is Cc1ccc(S(=O)(=O)Nc2ccc(F)cc2)cc1C(=O)NC1CCCC1. The first-order chi connectivity index (χ1) is 12.3. The van der Waals surface area contributed by atoms with Gasteiger partial charge in [0, 0.05) is 17.3 Å². The van der Waals surface area contributed by atoms with Crippen molar-refractivity contribution in [2.24, 2.45) is 0 Å². The topological polar surface area (TPSA) is 75.3 Å². The highest BCUT2D eigenvalue weighted by Gasteiger charge is 2.21. The predicted molar refractivity (Wildman–Crippen MR) is 98.1 cm³/mol. The van der Waals surface area contributed by atoms with Crippen molar-refractivity contribution in [1.82, 2.24) is 5.32 Å². The second-order valence-corrected chi connectivity index (χ2v) is 8.23. The maximum atomic E-state index is 13.0. The van der Waals surface area contributed by atoms with Gasteiger partial charge in [0.2, 0.25) is 0 Å². The van der Waals surface area contributed by atoms with Gasteiger partial charge in [-0.1, -0.05) is 18.9 Å². The molecule has 5 nitrogen and oxygen atoms in total. The molecule has 0 unspecified atom stereocenters. The Morgan fingerprint density at radius 1 is 1.08 bits per heavy atom. The van der Waals surface area contributed by atoms with Gasteiger partial charge in [-0.2, -0.15) is 0 Å². The largest absolute Gasteiger partial charge is 0.349 e. The van der Waals surface area contributed by atoms with Crippen molar-refractivity contribution in [3.05, 3.63) is 59.4 Å². The van der Waals surface area contributed by atoms with Gasteiger partial charge in [0.1, 0.15) is 5.82 Å². The number of carbonyl (C=O) groups excluding carboxylic acids is 1. The summed E-state index contributed by atoms with van der Waals surface area (Å²) in [6.45, 7) is 1.77. The summed E-state index contributed by atoms with van der Waals surface area (Å²) in [6.07, 6.45) is 4.10. The molecular weight excluding hydrogens is 355 g/mol. The van der Waals surface area contributed by atoms with Gasteiger partial charge >= 0.3 is 0 Å². The molecule has 0 saturated heterocycles. The van der Waals surface area contributed by atoms with Crippen LogP contribution in [0.2, 0.25) is 0 Å². The minimum Gasteiger partial charge on any atom is -0.349 e. The molecule has 0 heterocycles. The van der Waals surface area contributed by atoms with E-state index < -0.39 is 15.8 Å². The molecule has 3 rings (SSSR count). The lowest BCUT2D eigenvalue weighted by Crippen LogP contribution is -2.33. The standard InChI is InChI=1S/C19H21FN2O3S/c1-13-6-11-17(12-18(13)19(23)21-15-4-2-3-5-15)26(24,25)22-16-9-7-14(20)8-10-16/h6-12,15,22H,2-5H2,1H3,(H,21,23). The lowest BCUT2D eigenvalue weighted by atomic mass is 10.1. The third-order valence-electron chi connectivity index (χ3n) is 4.55. The quantitative estimate of drug-likeness (QED) is 0.837. The Kier molecular flexibility index (Phi) is 5.27. The highest BCUT2D eigenvalue weighted by molar-refractivity contribution is 7.92. The summed E-state index contributed by atoms with van der Waals surface area (Å²) in [5.41, 5.74) is 1.31. The van der Waals surface area contributed by atoms with Gasteiger partial charge in [-0.25, -0.2) is 12.8 Å². The summed E-state index contributed by atoms with van der Waals surface area (Å²) in [4.78, 5) is 12.5. The molecule has 1 aliphatic rings. The molecule has 26 heavy (non-hydrogen) atoms. The van der Waals surface area contributed by atoms with Gasteiger partial charge < -0.3 is 5.32 Å². The Hall–Kier alpha value is -2.41. The summed E-state index contributed by atoms with van der Waals surface area (Å²) in [5.74, 6) is -0.706. The first-order valence-electron chi connectivity index (χ1n) is 8.55. The molecule has 1 aliphatic carbocycles. The second-order valence-electron chi connectivity index (χ2n) is 6.54. The van der Waals surface area contributed by atoms with Gasteiger partial charge in [-0.15, -0.1) is 0 Å². The highest BCUT2D eigenvalue weighted by atomic mass is 32.2. The lowest BCUT2D eigenvalue weighted by molar-refractivity contribution is 0.0937. The first kappa shape index (κ1) is 18.4. The molecule has 2 N–H and O–H groups in total. The van der Waals surface area contributed by atoms with Crippen molar-refractivity contribution in [3.63, 3.8) is 0 Å². The van der Waals surface area contributed by atoms with E-state index in [2.05, 4.69) is 10.0 Å². The molecule has 0 bridgehead atoms. The Labute approximate surface area is 152 Å². The van der Waals surface area contributed by atoms with Crippen LogP contribution in [-0.2, 0) is 10.0 Å². The van der Waals surface area contributed by atoms with Crippen LogP contribution < -0.4 is 10.0 Å². The number of rotatable bonds is 5. The number of hydrogen-bond acceptors (Lipinski definition) is 3. The van der Waals surface area contributed by atoms with E-state index in [1.165, 1.54) is 36.4 Å². The Balaban J connectivity index is 1.83. The zero-order valence-corrected chi connectivity index (χ0v) is 15.3. The molecule has 0 aliphatic heterocycles. The van der Waals surface area contributed by atoms with E-state index in [9.17, 15) is 17.6 Å². The van der Waals surface area contributed by atoms with Gasteiger partial charge in [0.15, 0.2) is 0 Å². The normalized spacial score (nSPS) is 15.0. The predicted octanol–water partition coefficient (Wildman–Crippen LogP) is 3.61. The van der Waals surface area contributed by atoms with Crippen LogP contribution in [0.25, 0.3) is 0 Å². The molecule has 0 radical (unpaired) electrons. The molecule has 0 spiro atoms. The maximum absolute atomic E-state index is 13.0. The minimum atomic E-state index is -3.88. The third kappa shape index (κ3) is 4.22. The average Bonchev–Trinajstić information content (AvgIpc) is 3.10. The van der Waals surface area contributed by atoms with E-state index in [1.54, 1.807) is 13.0 Å². The number of halogens is 1. The van der Waals surface area contributed by atoms with E-state index in [4.69, 9.17) is 0 Å². The summed E-state index contributed by atoms with van der Waals surface area (Å²) in [6, 6.07) is 9.63. The third-order valence-corrected chi connectivity index (χ3v) is 5.93. The van der Waals surface area contributed by atoms with Gasteiger partial charge in [0.25, 0.3) is 15.9 Å². The van der Waals surface area contributed by atoms with Crippen LogP contribution in [0.1, 0.15) is 41.6 Å². The number of amides is 1. The van der Waals surface area contributed by atoms with Crippen molar-refractivity contribution in [2.75, 3.05) is 4.72 Å². The maximum Gasteiger partial charge on any atom is 0.261 e. The van der Waals surface area contributed by atoms with E-state index in [0.717, 1.165) is 25.7 Å². The van der Waals surface area contributed by atoms with Crippen molar-refractivity contribution in [1.29, 1.82) is 0 Å².